The Labute approximate surface area is 187 Å². The van der Waals surface area contributed by atoms with Gasteiger partial charge in [0.05, 0.1) is 14.2 Å². The van der Waals surface area contributed by atoms with Gasteiger partial charge in [-0.1, -0.05) is 18.2 Å². The summed E-state index contributed by atoms with van der Waals surface area (Å²) in [5.74, 6) is 1.16. The maximum atomic E-state index is 13.1. The van der Waals surface area contributed by atoms with Crippen LogP contribution in [0.3, 0.4) is 0 Å². The highest BCUT2D eigenvalue weighted by molar-refractivity contribution is 5.92. The van der Waals surface area contributed by atoms with E-state index in [-0.39, 0.29) is 29.5 Å². The zero-order valence-corrected chi connectivity index (χ0v) is 18.3. The molecule has 0 radical (unpaired) electrons. The lowest BCUT2D eigenvalue weighted by Gasteiger charge is -2.34. The van der Waals surface area contributed by atoms with Crippen LogP contribution in [0.15, 0.2) is 48.5 Å². The van der Waals surface area contributed by atoms with Gasteiger partial charge in [-0.25, -0.2) is 4.39 Å². The number of ether oxygens (including phenoxy) is 2. The molecule has 2 unspecified atom stereocenters. The molecular formula is C25H27FN2O4. The SMILES string of the molecule is COc1ccc(/C=C/C(=O)N2CCN(C(=O)C3CC3c3ccc(F)cc3)CC2)cc1OC. The first kappa shape index (κ1) is 21.9. The number of methoxy groups -OCH3 is 2. The van der Waals surface area contributed by atoms with Crippen LogP contribution in [0.2, 0.25) is 0 Å². The topological polar surface area (TPSA) is 59.1 Å². The summed E-state index contributed by atoms with van der Waals surface area (Å²) in [6.07, 6.45) is 4.10. The quantitative estimate of drug-likeness (QED) is 0.650. The van der Waals surface area contributed by atoms with Crippen molar-refractivity contribution in [3.63, 3.8) is 0 Å². The second-order valence-electron chi connectivity index (χ2n) is 8.10. The van der Waals surface area contributed by atoms with Crippen LogP contribution in [0, 0.1) is 11.7 Å². The van der Waals surface area contributed by atoms with Crippen molar-refractivity contribution >= 4 is 17.9 Å². The minimum absolute atomic E-state index is 0.0346. The van der Waals surface area contributed by atoms with Crippen LogP contribution >= 0.6 is 0 Å². The van der Waals surface area contributed by atoms with Gasteiger partial charge in [0.15, 0.2) is 11.5 Å². The first-order valence-electron chi connectivity index (χ1n) is 10.7. The molecule has 2 aromatic carbocycles. The Hall–Kier alpha value is -3.35. The van der Waals surface area contributed by atoms with Crippen LogP contribution in [0.5, 0.6) is 11.5 Å². The number of benzene rings is 2. The predicted molar refractivity (Wildman–Crippen MR) is 119 cm³/mol. The third kappa shape index (κ3) is 4.77. The Morgan fingerprint density at radius 2 is 1.59 bits per heavy atom. The van der Waals surface area contributed by atoms with E-state index in [1.165, 1.54) is 12.1 Å². The summed E-state index contributed by atoms with van der Waals surface area (Å²) in [7, 11) is 3.15. The van der Waals surface area contributed by atoms with Crippen LogP contribution in [0.1, 0.15) is 23.5 Å². The van der Waals surface area contributed by atoms with Gasteiger partial charge >= 0.3 is 0 Å². The molecule has 4 rings (SSSR count). The molecule has 6 nitrogen and oxygen atoms in total. The van der Waals surface area contributed by atoms with Crippen molar-refractivity contribution < 1.29 is 23.5 Å². The number of nitrogens with zero attached hydrogens (tertiary/aromatic N) is 2. The van der Waals surface area contributed by atoms with Crippen molar-refractivity contribution in [1.82, 2.24) is 9.80 Å². The molecule has 0 bridgehead atoms. The Balaban J connectivity index is 1.28. The molecular weight excluding hydrogens is 411 g/mol. The van der Waals surface area contributed by atoms with Gasteiger partial charge in [-0.2, -0.15) is 0 Å². The van der Waals surface area contributed by atoms with Gasteiger partial charge in [-0.3, -0.25) is 9.59 Å². The molecule has 1 aliphatic heterocycles. The third-order valence-electron chi connectivity index (χ3n) is 6.13. The highest BCUT2D eigenvalue weighted by Gasteiger charge is 2.46. The maximum absolute atomic E-state index is 13.1. The molecule has 1 heterocycles. The molecule has 0 N–H and O–H groups in total. The fourth-order valence-electron chi connectivity index (χ4n) is 4.16. The van der Waals surface area contributed by atoms with E-state index in [9.17, 15) is 14.0 Å². The van der Waals surface area contributed by atoms with E-state index < -0.39 is 0 Å². The Kier molecular flexibility index (Phi) is 6.44. The number of amides is 2. The number of halogens is 1. The number of piperazine rings is 1. The number of hydrogen-bond acceptors (Lipinski definition) is 4. The summed E-state index contributed by atoms with van der Waals surface area (Å²) in [6, 6.07) is 11.9. The van der Waals surface area contributed by atoms with Crippen molar-refractivity contribution in [1.29, 1.82) is 0 Å². The van der Waals surface area contributed by atoms with Crippen LogP contribution in [-0.2, 0) is 9.59 Å². The lowest BCUT2D eigenvalue weighted by atomic mass is 10.1. The fraction of sp³-hybridized carbons (Fsp3) is 0.360. The Morgan fingerprint density at radius 3 is 2.25 bits per heavy atom. The molecule has 2 fully saturated rings. The molecule has 0 aromatic heterocycles. The fourth-order valence-corrected chi connectivity index (χ4v) is 4.16. The zero-order chi connectivity index (χ0) is 22.7. The number of carbonyl (C=O) groups excluding carboxylic acids is 2. The van der Waals surface area contributed by atoms with E-state index in [4.69, 9.17) is 9.47 Å². The monoisotopic (exact) mass is 438 g/mol. The van der Waals surface area contributed by atoms with Crippen LogP contribution in [-0.4, -0.2) is 62.0 Å². The summed E-state index contributed by atoms with van der Waals surface area (Å²) >= 11 is 0. The molecule has 2 aromatic rings. The Bertz CT molecular complexity index is 1010. The maximum Gasteiger partial charge on any atom is 0.246 e. The summed E-state index contributed by atoms with van der Waals surface area (Å²) in [6.45, 7) is 2.08. The largest absolute Gasteiger partial charge is 0.493 e. The molecule has 2 amide bonds. The van der Waals surface area contributed by atoms with Crippen molar-refractivity contribution in [2.45, 2.75) is 12.3 Å². The highest BCUT2D eigenvalue weighted by atomic mass is 19.1. The van der Waals surface area contributed by atoms with Gasteiger partial charge < -0.3 is 19.3 Å². The Morgan fingerprint density at radius 1 is 0.938 bits per heavy atom. The van der Waals surface area contributed by atoms with Crippen LogP contribution in [0.25, 0.3) is 6.08 Å². The minimum Gasteiger partial charge on any atom is -0.493 e. The molecule has 1 saturated carbocycles. The van der Waals surface area contributed by atoms with Gasteiger partial charge in [-0.05, 0) is 53.8 Å². The van der Waals surface area contributed by atoms with Gasteiger partial charge in [-0.15, -0.1) is 0 Å². The average Bonchev–Trinajstić information content (AvgIpc) is 3.63. The summed E-state index contributed by atoms with van der Waals surface area (Å²) in [5, 5.41) is 0. The molecule has 0 spiro atoms. The molecule has 168 valence electrons. The van der Waals surface area contributed by atoms with Gasteiger partial charge in [0.25, 0.3) is 0 Å². The smallest absolute Gasteiger partial charge is 0.246 e. The van der Waals surface area contributed by atoms with E-state index in [1.807, 2.05) is 17.0 Å². The molecule has 2 aliphatic rings. The minimum atomic E-state index is -0.266. The second-order valence-corrected chi connectivity index (χ2v) is 8.10. The highest BCUT2D eigenvalue weighted by Crippen LogP contribution is 2.48. The standard InChI is InChI=1S/C25H27FN2O4/c1-31-22-9-3-17(15-23(22)32-2)4-10-24(29)27-11-13-28(14-12-27)25(30)21-16-20(21)18-5-7-19(26)8-6-18/h3-10,15,20-21H,11-14,16H2,1-2H3/b10-4+. The molecule has 32 heavy (non-hydrogen) atoms. The van der Waals surface area contributed by atoms with E-state index in [0.29, 0.717) is 37.7 Å². The lowest BCUT2D eigenvalue weighted by Crippen LogP contribution is -2.50. The molecule has 2 atom stereocenters. The van der Waals surface area contributed by atoms with Gasteiger partial charge in [0.2, 0.25) is 11.8 Å². The van der Waals surface area contributed by atoms with Crippen molar-refractivity contribution in [3.8, 4) is 11.5 Å². The average molecular weight is 438 g/mol. The number of hydrogen-bond donors (Lipinski definition) is 0. The first-order chi connectivity index (χ1) is 15.5. The lowest BCUT2D eigenvalue weighted by molar-refractivity contribution is -0.138. The number of carbonyl (C=O) groups is 2. The van der Waals surface area contributed by atoms with Crippen LogP contribution in [0.4, 0.5) is 4.39 Å². The van der Waals surface area contributed by atoms with E-state index in [2.05, 4.69) is 0 Å². The normalized spacial score (nSPS) is 20.3. The first-order valence-corrected chi connectivity index (χ1v) is 10.7. The summed E-state index contributed by atoms with van der Waals surface area (Å²) in [4.78, 5) is 29.0. The molecule has 1 saturated heterocycles. The van der Waals surface area contributed by atoms with E-state index >= 15 is 0 Å². The van der Waals surface area contributed by atoms with E-state index in [1.54, 1.807) is 49.5 Å². The van der Waals surface area contributed by atoms with Gasteiger partial charge in [0, 0.05) is 38.2 Å². The summed E-state index contributed by atoms with van der Waals surface area (Å²) < 4.78 is 23.6. The van der Waals surface area contributed by atoms with Crippen LogP contribution < -0.4 is 9.47 Å². The van der Waals surface area contributed by atoms with Crippen molar-refractivity contribution in [2.24, 2.45) is 5.92 Å². The van der Waals surface area contributed by atoms with E-state index in [0.717, 1.165) is 17.5 Å². The van der Waals surface area contributed by atoms with Crippen molar-refractivity contribution in [3.05, 3.63) is 65.5 Å². The number of rotatable bonds is 6. The summed E-state index contributed by atoms with van der Waals surface area (Å²) in [5.41, 5.74) is 1.85. The molecule has 7 heteroatoms. The third-order valence-corrected chi connectivity index (χ3v) is 6.13. The molecule has 1 aliphatic carbocycles. The van der Waals surface area contributed by atoms with Crippen molar-refractivity contribution in [2.75, 3.05) is 40.4 Å². The zero-order valence-electron chi connectivity index (χ0n) is 18.3. The second kappa shape index (κ2) is 9.42. The van der Waals surface area contributed by atoms with Gasteiger partial charge in [0.1, 0.15) is 5.82 Å². The predicted octanol–water partition coefficient (Wildman–Crippen LogP) is 3.33.